The van der Waals surface area contributed by atoms with Crippen molar-refractivity contribution in [3.05, 3.63) is 18.2 Å². The van der Waals surface area contributed by atoms with Gasteiger partial charge in [0.2, 0.25) is 0 Å². The fraction of sp³-hybridized carbons (Fsp3) is 0.444. The molecule has 0 atom stereocenters. The van der Waals surface area contributed by atoms with Gasteiger partial charge in [0.05, 0.1) is 12.1 Å². The third-order valence-electron chi connectivity index (χ3n) is 1.76. The third kappa shape index (κ3) is 2.86. The van der Waals surface area contributed by atoms with E-state index in [4.69, 9.17) is 10.9 Å². The Labute approximate surface area is 83.3 Å². The highest BCUT2D eigenvalue weighted by Crippen LogP contribution is 2.13. The van der Waals surface area contributed by atoms with Gasteiger partial charge in [-0.3, -0.25) is 0 Å². The summed E-state index contributed by atoms with van der Waals surface area (Å²) in [5.41, 5.74) is 2.07. The zero-order valence-electron chi connectivity index (χ0n) is 8.41. The second-order valence-corrected chi connectivity index (χ2v) is 3.72. The number of nitrogens with one attached hydrogen (secondary N) is 2. The first kappa shape index (κ1) is 10.7. The van der Waals surface area contributed by atoms with Crippen LogP contribution in [0.4, 0.5) is 11.6 Å². The molecule has 0 bridgehead atoms. The summed E-state index contributed by atoms with van der Waals surface area (Å²) in [6.07, 6.45) is 0. The van der Waals surface area contributed by atoms with E-state index in [2.05, 4.69) is 15.7 Å². The average molecular weight is 196 g/mol. The number of aromatic nitrogens is 1. The maximum absolute atomic E-state index is 9.05. The lowest BCUT2D eigenvalue weighted by Gasteiger charge is -2.24. The monoisotopic (exact) mass is 196 g/mol. The molecule has 1 heterocycles. The highest BCUT2D eigenvalue weighted by atomic mass is 16.3. The summed E-state index contributed by atoms with van der Waals surface area (Å²) >= 11 is 0. The Morgan fingerprint density at radius 3 is 2.64 bits per heavy atom. The van der Waals surface area contributed by atoms with Crippen molar-refractivity contribution in [1.82, 2.24) is 4.98 Å². The number of aliphatic hydroxyl groups excluding tert-OH is 1. The number of hydrazine groups is 1. The Bertz CT molecular complexity index is 301. The molecule has 78 valence electrons. The highest BCUT2D eigenvalue weighted by molar-refractivity contribution is 5.45. The van der Waals surface area contributed by atoms with E-state index in [0.717, 1.165) is 0 Å². The van der Waals surface area contributed by atoms with Crippen LogP contribution in [-0.4, -0.2) is 22.2 Å². The van der Waals surface area contributed by atoms with Crippen LogP contribution in [0.5, 0.6) is 0 Å². The van der Waals surface area contributed by atoms with Crippen molar-refractivity contribution in [2.24, 2.45) is 5.84 Å². The molecular formula is C9H16N4O. The molecular weight excluding hydrogens is 180 g/mol. The van der Waals surface area contributed by atoms with Gasteiger partial charge in [-0.05, 0) is 26.0 Å². The largest absolute Gasteiger partial charge is 0.394 e. The van der Waals surface area contributed by atoms with E-state index in [9.17, 15) is 0 Å². The van der Waals surface area contributed by atoms with Gasteiger partial charge in [-0.2, -0.15) is 0 Å². The van der Waals surface area contributed by atoms with E-state index in [0.29, 0.717) is 11.6 Å². The summed E-state index contributed by atoms with van der Waals surface area (Å²) in [5.74, 6) is 6.49. The van der Waals surface area contributed by atoms with Crippen LogP contribution in [0.25, 0.3) is 0 Å². The van der Waals surface area contributed by atoms with Crippen LogP contribution in [-0.2, 0) is 0 Å². The van der Waals surface area contributed by atoms with Crippen LogP contribution >= 0.6 is 0 Å². The van der Waals surface area contributed by atoms with Gasteiger partial charge < -0.3 is 15.8 Å². The first-order valence-electron chi connectivity index (χ1n) is 4.40. The number of nitrogen functional groups attached to an aromatic ring is 1. The van der Waals surface area contributed by atoms with Crippen molar-refractivity contribution in [3.8, 4) is 0 Å². The number of nitrogens with two attached hydrogens (primary N) is 1. The molecule has 0 aliphatic heterocycles. The van der Waals surface area contributed by atoms with Crippen molar-refractivity contribution in [3.63, 3.8) is 0 Å². The van der Waals surface area contributed by atoms with Gasteiger partial charge in [-0.15, -0.1) is 0 Å². The fourth-order valence-corrected chi connectivity index (χ4v) is 0.971. The van der Waals surface area contributed by atoms with Crippen LogP contribution < -0.4 is 16.6 Å². The van der Waals surface area contributed by atoms with Gasteiger partial charge in [-0.1, -0.05) is 6.07 Å². The normalized spacial score (nSPS) is 11.1. The van der Waals surface area contributed by atoms with Gasteiger partial charge in [0.1, 0.15) is 11.6 Å². The zero-order valence-corrected chi connectivity index (χ0v) is 8.41. The van der Waals surface area contributed by atoms with Crippen molar-refractivity contribution in [2.45, 2.75) is 19.4 Å². The van der Waals surface area contributed by atoms with E-state index >= 15 is 0 Å². The Hall–Kier alpha value is -1.33. The van der Waals surface area contributed by atoms with E-state index in [1.54, 1.807) is 6.07 Å². The minimum absolute atomic E-state index is 0.0367. The molecule has 5 heteroatoms. The SMILES string of the molecule is CC(C)(CO)Nc1cccc(NN)n1. The summed E-state index contributed by atoms with van der Waals surface area (Å²) in [6, 6.07) is 5.41. The predicted octanol–water partition coefficient (Wildman–Crippen LogP) is 0.550. The molecule has 0 fully saturated rings. The van der Waals surface area contributed by atoms with Crippen LogP contribution in [0.1, 0.15) is 13.8 Å². The van der Waals surface area contributed by atoms with Gasteiger partial charge in [-0.25, -0.2) is 10.8 Å². The smallest absolute Gasteiger partial charge is 0.142 e. The molecule has 0 spiro atoms. The maximum Gasteiger partial charge on any atom is 0.142 e. The van der Waals surface area contributed by atoms with E-state index in [-0.39, 0.29) is 12.1 Å². The van der Waals surface area contributed by atoms with Crippen LogP contribution in [0.3, 0.4) is 0 Å². The number of pyridine rings is 1. The number of hydrogen-bond acceptors (Lipinski definition) is 5. The summed E-state index contributed by atoms with van der Waals surface area (Å²) in [5, 5.41) is 12.1. The molecule has 0 unspecified atom stereocenters. The van der Waals surface area contributed by atoms with Gasteiger partial charge in [0, 0.05) is 0 Å². The molecule has 1 rings (SSSR count). The molecule has 1 aromatic heterocycles. The standard InChI is InChI=1S/C9H16N4O/c1-9(2,6-14)12-7-4-3-5-8(11-7)13-10/h3-5,14H,6,10H2,1-2H3,(H2,11,12,13). The van der Waals surface area contributed by atoms with E-state index < -0.39 is 0 Å². The quantitative estimate of drug-likeness (QED) is 0.417. The average Bonchev–Trinajstić information content (AvgIpc) is 2.17. The summed E-state index contributed by atoms with van der Waals surface area (Å²) in [6.45, 7) is 3.81. The fourth-order valence-electron chi connectivity index (χ4n) is 0.971. The Morgan fingerprint density at radius 1 is 1.43 bits per heavy atom. The molecule has 0 aliphatic rings. The van der Waals surface area contributed by atoms with Crippen molar-refractivity contribution in [2.75, 3.05) is 17.3 Å². The lowest BCUT2D eigenvalue weighted by Crippen LogP contribution is -2.35. The molecule has 0 aromatic carbocycles. The molecule has 0 radical (unpaired) electrons. The van der Waals surface area contributed by atoms with E-state index in [1.165, 1.54) is 0 Å². The van der Waals surface area contributed by atoms with Crippen LogP contribution in [0.2, 0.25) is 0 Å². The van der Waals surface area contributed by atoms with Crippen LogP contribution in [0, 0.1) is 0 Å². The molecule has 0 aliphatic carbocycles. The van der Waals surface area contributed by atoms with Gasteiger partial charge in [0.25, 0.3) is 0 Å². The topological polar surface area (TPSA) is 83.2 Å². The number of hydrogen-bond donors (Lipinski definition) is 4. The predicted molar refractivity (Wildman–Crippen MR) is 56.8 cm³/mol. The molecule has 1 aromatic rings. The number of aliphatic hydroxyl groups is 1. The first-order valence-corrected chi connectivity index (χ1v) is 4.40. The van der Waals surface area contributed by atoms with Crippen molar-refractivity contribution >= 4 is 11.6 Å². The molecule has 5 nitrogen and oxygen atoms in total. The number of nitrogens with zero attached hydrogens (tertiary/aromatic N) is 1. The minimum atomic E-state index is -0.389. The van der Waals surface area contributed by atoms with E-state index in [1.807, 2.05) is 26.0 Å². The lowest BCUT2D eigenvalue weighted by atomic mass is 10.1. The first-order chi connectivity index (χ1) is 6.57. The molecule has 0 saturated carbocycles. The lowest BCUT2D eigenvalue weighted by molar-refractivity contribution is 0.234. The van der Waals surface area contributed by atoms with Gasteiger partial charge in [0.15, 0.2) is 0 Å². The summed E-state index contributed by atoms with van der Waals surface area (Å²) in [7, 11) is 0. The minimum Gasteiger partial charge on any atom is -0.394 e. The van der Waals surface area contributed by atoms with Crippen molar-refractivity contribution in [1.29, 1.82) is 0 Å². The molecule has 0 amide bonds. The number of anilines is 2. The molecule has 5 N–H and O–H groups in total. The molecule has 14 heavy (non-hydrogen) atoms. The van der Waals surface area contributed by atoms with Crippen molar-refractivity contribution < 1.29 is 5.11 Å². The Kier molecular flexibility index (Phi) is 3.27. The van der Waals surface area contributed by atoms with Crippen LogP contribution in [0.15, 0.2) is 18.2 Å². The third-order valence-corrected chi connectivity index (χ3v) is 1.76. The Balaban J connectivity index is 2.76. The molecule has 0 saturated heterocycles. The zero-order chi connectivity index (χ0) is 10.6. The van der Waals surface area contributed by atoms with Gasteiger partial charge >= 0.3 is 0 Å². The second-order valence-electron chi connectivity index (χ2n) is 3.72. The highest BCUT2D eigenvalue weighted by Gasteiger charge is 2.15. The maximum atomic E-state index is 9.05. The summed E-state index contributed by atoms with van der Waals surface area (Å²) < 4.78 is 0. The Morgan fingerprint density at radius 2 is 2.07 bits per heavy atom. The second kappa shape index (κ2) is 4.26. The number of rotatable bonds is 4. The summed E-state index contributed by atoms with van der Waals surface area (Å²) in [4.78, 5) is 4.17.